The molecule has 0 aliphatic heterocycles. The van der Waals surface area contributed by atoms with Crippen LogP contribution in [0.25, 0.3) is 33.4 Å². The molecule has 1 nitrogen and oxygen atoms in total. The molecule has 0 fully saturated rings. The summed E-state index contributed by atoms with van der Waals surface area (Å²) in [6, 6.07) is 47.5. The van der Waals surface area contributed by atoms with Gasteiger partial charge in [0.1, 0.15) is 0 Å². The van der Waals surface area contributed by atoms with Crippen LogP contribution < -0.4 is 4.90 Å². The highest BCUT2D eigenvalue weighted by molar-refractivity contribution is 5.91. The highest BCUT2D eigenvalue weighted by atomic mass is 15.1. The molecule has 2 aliphatic carbocycles. The third kappa shape index (κ3) is 4.21. The average molecular weight is 582 g/mol. The first-order chi connectivity index (χ1) is 21.6. The minimum absolute atomic E-state index is 0.00743. The van der Waals surface area contributed by atoms with Crippen molar-refractivity contribution in [1.82, 2.24) is 0 Å². The molecule has 0 saturated heterocycles. The van der Waals surface area contributed by atoms with E-state index in [0.717, 1.165) is 17.1 Å². The summed E-state index contributed by atoms with van der Waals surface area (Å²) in [5.74, 6) is 0. The predicted octanol–water partition coefficient (Wildman–Crippen LogP) is 12.1. The molecule has 0 bridgehead atoms. The van der Waals surface area contributed by atoms with Crippen molar-refractivity contribution in [3.05, 3.63) is 161 Å². The van der Waals surface area contributed by atoms with Gasteiger partial charge in [0.05, 0.1) is 0 Å². The van der Waals surface area contributed by atoms with E-state index in [1.807, 2.05) is 0 Å². The van der Waals surface area contributed by atoms with Gasteiger partial charge in [-0.05, 0) is 124 Å². The fourth-order valence-corrected chi connectivity index (χ4v) is 7.78. The summed E-state index contributed by atoms with van der Waals surface area (Å²) in [7, 11) is 0. The number of aryl methyl sites for hydroxylation is 2. The Morgan fingerprint density at radius 3 is 1.42 bits per heavy atom. The Balaban J connectivity index is 1.17. The van der Waals surface area contributed by atoms with Crippen molar-refractivity contribution in [2.45, 2.75) is 52.4 Å². The summed E-state index contributed by atoms with van der Waals surface area (Å²) in [4.78, 5) is 2.33. The number of hydrogen-bond donors (Lipinski definition) is 0. The van der Waals surface area contributed by atoms with Crippen LogP contribution in [0.1, 0.15) is 61.1 Å². The summed E-state index contributed by atoms with van der Waals surface area (Å²) in [6.07, 6.45) is 0. The fraction of sp³-hybridized carbons (Fsp3) is 0.182. The van der Waals surface area contributed by atoms with Crippen LogP contribution in [-0.2, 0) is 10.8 Å². The van der Waals surface area contributed by atoms with Crippen LogP contribution in [-0.4, -0.2) is 0 Å². The van der Waals surface area contributed by atoms with Crippen molar-refractivity contribution >= 4 is 17.1 Å². The zero-order valence-corrected chi connectivity index (χ0v) is 27.1. The quantitative estimate of drug-likeness (QED) is 0.200. The summed E-state index contributed by atoms with van der Waals surface area (Å²) in [6.45, 7) is 13.9. The van der Waals surface area contributed by atoms with Crippen LogP contribution in [0.5, 0.6) is 0 Å². The predicted molar refractivity (Wildman–Crippen MR) is 191 cm³/mol. The minimum Gasteiger partial charge on any atom is -0.311 e. The second kappa shape index (κ2) is 9.81. The molecule has 220 valence electrons. The van der Waals surface area contributed by atoms with Gasteiger partial charge in [0, 0.05) is 27.9 Å². The zero-order chi connectivity index (χ0) is 31.1. The normalized spacial score (nSPS) is 14.8. The maximum Gasteiger partial charge on any atom is 0.0462 e. The SMILES string of the molecule is Cc1ccc(N(c2ccccc2)c2ccc(-c3ccc4c(c3)C(C)(C)c3cc5c(cc3-4)C(C)(C)c3cc(C)ccc3-5)cc2)cc1. The molecular weight excluding hydrogens is 542 g/mol. The van der Waals surface area contributed by atoms with E-state index in [1.165, 1.54) is 66.8 Å². The number of benzene rings is 6. The molecule has 0 unspecified atom stereocenters. The molecule has 6 aromatic carbocycles. The second-order valence-corrected chi connectivity index (χ2v) is 14.1. The summed E-state index contributed by atoms with van der Waals surface area (Å²) < 4.78 is 0. The van der Waals surface area contributed by atoms with Crippen molar-refractivity contribution in [3.8, 4) is 33.4 Å². The number of para-hydroxylation sites is 1. The Hall–Kier alpha value is -4.88. The molecule has 0 aromatic heterocycles. The van der Waals surface area contributed by atoms with Crippen LogP contribution in [0.3, 0.4) is 0 Å². The molecule has 0 spiro atoms. The van der Waals surface area contributed by atoms with Crippen molar-refractivity contribution in [2.24, 2.45) is 0 Å². The van der Waals surface area contributed by atoms with Crippen molar-refractivity contribution in [1.29, 1.82) is 0 Å². The number of fused-ring (bicyclic) bond motifs is 6. The van der Waals surface area contributed by atoms with E-state index in [2.05, 4.69) is 174 Å². The van der Waals surface area contributed by atoms with E-state index in [-0.39, 0.29) is 10.8 Å². The highest BCUT2D eigenvalue weighted by Gasteiger charge is 2.41. The summed E-state index contributed by atoms with van der Waals surface area (Å²) >= 11 is 0. The molecule has 8 rings (SSSR count). The van der Waals surface area contributed by atoms with Crippen LogP contribution in [0.15, 0.2) is 127 Å². The number of anilines is 3. The van der Waals surface area contributed by atoms with E-state index in [1.54, 1.807) is 0 Å². The average Bonchev–Trinajstić information content (AvgIpc) is 3.40. The highest BCUT2D eigenvalue weighted by Crippen LogP contribution is 2.56. The van der Waals surface area contributed by atoms with Gasteiger partial charge in [0.2, 0.25) is 0 Å². The molecule has 0 N–H and O–H groups in total. The lowest BCUT2D eigenvalue weighted by Crippen LogP contribution is -2.17. The standard InChI is InChI=1S/C44H39N/c1-28-12-18-33(19-13-28)45(32-10-8-7-9-11-32)34-20-15-30(16-21-34)31-17-23-36-38-27-41-37(26-42(38)44(5,6)40(36)25-31)35-22-14-29(2)24-39(35)43(41,3)4/h7-27H,1-6H3. The molecule has 2 aliphatic rings. The van der Waals surface area contributed by atoms with Gasteiger partial charge in [-0.15, -0.1) is 0 Å². The largest absolute Gasteiger partial charge is 0.311 e. The number of nitrogens with zero attached hydrogens (tertiary/aromatic N) is 1. The van der Waals surface area contributed by atoms with Gasteiger partial charge < -0.3 is 4.90 Å². The summed E-state index contributed by atoms with van der Waals surface area (Å²) in [5, 5.41) is 0. The first-order valence-corrected chi connectivity index (χ1v) is 16.1. The van der Waals surface area contributed by atoms with Gasteiger partial charge in [-0.3, -0.25) is 0 Å². The van der Waals surface area contributed by atoms with Gasteiger partial charge in [-0.1, -0.05) is 112 Å². The third-order valence-electron chi connectivity index (χ3n) is 10.4. The van der Waals surface area contributed by atoms with Gasteiger partial charge in [-0.2, -0.15) is 0 Å². The van der Waals surface area contributed by atoms with Gasteiger partial charge in [-0.25, -0.2) is 0 Å². The maximum atomic E-state index is 2.51. The van der Waals surface area contributed by atoms with Crippen molar-refractivity contribution in [2.75, 3.05) is 4.90 Å². The first-order valence-electron chi connectivity index (χ1n) is 16.1. The monoisotopic (exact) mass is 581 g/mol. The third-order valence-corrected chi connectivity index (χ3v) is 10.4. The Kier molecular flexibility index (Phi) is 6.03. The van der Waals surface area contributed by atoms with E-state index >= 15 is 0 Å². The van der Waals surface area contributed by atoms with Gasteiger partial charge >= 0.3 is 0 Å². The van der Waals surface area contributed by atoms with Gasteiger partial charge in [0.25, 0.3) is 0 Å². The van der Waals surface area contributed by atoms with E-state index in [9.17, 15) is 0 Å². The molecule has 45 heavy (non-hydrogen) atoms. The lowest BCUT2D eigenvalue weighted by molar-refractivity contribution is 0.652. The molecule has 0 radical (unpaired) electrons. The Labute approximate surface area is 267 Å². The van der Waals surface area contributed by atoms with E-state index < -0.39 is 0 Å². The summed E-state index contributed by atoms with van der Waals surface area (Å²) in [5.41, 5.74) is 19.8. The lowest BCUT2D eigenvalue weighted by atomic mass is 9.79. The van der Waals surface area contributed by atoms with Gasteiger partial charge in [0.15, 0.2) is 0 Å². The lowest BCUT2D eigenvalue weighted by Gasteiger charge is -2.26. The maximum absolute atomic E-state index is 2.51. The first kappa shape index (κ1) is 27.7. The smallest absolute Gasteiger partial charge is 0.0462 e. The van der Waals surface area contributed by atoms with E-state index in [0.29, 0.717) is 0 Å². The van der Waals surface area contributed by atoms with E-state index in [4.69, 9.17) is 0 Å². The Morgan fingerprint density at radius 2 is 0.822 bits per heavy atom. The zero-order valence-electron chi connectivity index (χ0n) is 27.1. The topological polar surface area (TPSA) is 3.24 Å². The molecule has 0 amide bonds. The fourth-order valence-electron chi connectivity index (χ4n) is 7.78. The van der Waals surface area contributed by atoms with Crippen LogP contribution in [0.4, 0.5) is 17.1 Å². The Morgan fingerprint density at radius 1 is 0.378 bits per heavy atom. The van der Waals surface area contributed by atoms with Crippen molar-refractivity contribution in [3.63, 3.8) is 0 Å². The minimum atomic E-state index is -0.0806. The molecule has 0 saturated carbocycles. The molecule has 1 heteroatoms. The molecule has 6 aromatic rings. The Bertz CT molecular complexity index is 2100. The van der Waals surface area contributed by atoms with Crippen molar-refractivity contribution < 1.29 is 0 Å². The molecule has 0 atom stereocenters. The van der Waals surface area contributed by atoms with Crippen LogP contribution in [0, 0.1) is 13.8 Å². The second-order valence-electron chi connectivity index (χ2n) is 14.1. The molecular formula is C44H39N. The number of hydrogen-bond acceptors (Lipinski definition) is 1. The van der Waals surface area contributed by atoms with Crippen LogP contribution >= 0.6 is 0 Å². The van der Waals surface area contributed by atoms with Crippen LogP contribution in [0.2, 0.25) is 0 Å². The number of rotatable bonds is 4. The molecule has 0 heterocycles.